The molecular weight excluding hydrogens is 465 g/mol. The van der Waals surface area contributed by atoms with Gasteiger partial charge in [-0.25, -0.2) is 9.07 Å². The van der Waals surface area contributed by atoms with Gasteiger partial charge in [-0.3, -0.25) is 4.79 Å². The monoisotopic (exact) mass is 489 g/mol. The van der Waals surface area contributed by atoms with Gasteiger partial charge < -0.3 is 9.64 Å². The number of hydrogen-bond donors (Lipinski definition) is 0. The zero-order chi connectivity index (χ0) is 24.4. The van der Waals surface area contributed by atoms with E-state index in [1.807, 2.05) is 49.4 Å². The molecule has 0 spiro atoms. The highest BCUT2D eigenvalue weighted by atomic mass is 35.5. The fourth-order valence-electron chi connectivity index (χ4n) is 4.03. The number of halogens is 2. The van der Waals surface area contributed by atoms with Gasteiger partial charge in [0, 0.05) is 6.54 Å². The SMILES string of the molecule is Cc1nn(-c2ccccc2)c(Oc2ccccc2Cl)c1CN(CC1CC1)C(=O)c1ccccc1F. The van der Waals surface area contributed by atoms with Crippen LogP contribution in [0, 0.1) is 18.7 Å². The molecule has 0 N–H and O–H groups in total. The summed E-state index contributed by atoms with van der Waals surface area (Å²) < 4.78 is 22.6. The lowest BCUT2D eigenvalue weighted by Gasteiger charge is -2.23. The lowest BCUT2D eigenvalue weighted by molar-refractivity contribution is 0.0729. The van der Waals surface area contributed by atoms with Gasteiger partial charge >= 0.3 is 0 Å². The molecule has 0 aliphatic heterocycles. The molecule has 5 rings (SSSR count). The average Bonchev–Trinajstić information content (AvgIpc) is 3.64. The van der Waals surface area contributed by atoms with E-state index in [2.05, 4.69) is 0 Å². The van der Waals surface area contributed by atoms with E-state index in [1.54, 1.807) is 33.8 Å². The van der Waals surface area contributed by atoms with Crippen LogP contribution in [0.5, 0.6) is 11.6 Å². The number of hydrogen-bond acceptors (Lipinski definition) is 3. The molecule has 0 unspecified atom stereocenters. The van der Waals surface area contributed by atoms with Crippen LogP contribution >= 0.6 is 11.6 Å². The summed E-state index contributed by atoms with van der Waals surface area (Å²) in [6, 6.07) is 23.0. The highest BCUT2D eigenvalue weighted by Crippen LogP contribution is 2.36. The first kappa shape index (κ1) is 23.1. The van der Waals surface area contributed by atoms with Gasteiger partial charge in [0.1, 0.15) is 11.6 Å². The molecule has 0 radical (unpaired) electrons. The molecule has 4 aromatic rings. The number of para-hydroxylation sites is 2. The van der Waals surface area contributed by atoms with Crippen molar-refractivity contribution in [3.05, 3.63) is 107 Å². The molecule has 1 aromatic heterocycles. The van der Waals surface area contributed by atoms with E-state index in [-0.39, 0.29) is 18.0 Å². The Kier molecular flexibility index (Phi) is 6.55. The van der Waals surface area contributed by atoms with Gasteiger partial charge in [0.05, 0.1) is 34.1 Å². The Morgan fingerprint density at radius 1 is 1.06 bits per heavy atom. The van der Waals surface area contributed by atoms with Crippen LogP contribution in [0.3, 0.4) is 0 Å². The number of carbonyl (C=O) groups is 1. The molecule has 0 bridgehead atoms. The van der Waals surface area contributed by atoms with Gasteiger partial charge in [0.2, 0.25) is 5.88 Å². The van der Waals surface area contributed by atoms with E-state index < -0.39 is 5.82 Å². The number of amides is 1. The van der Waals surface area contributed by atoms with Crippen LogP contribution in [0.15, 0.2) is 78.9 Å². The Labute approximate surface area is 208 Å². The Hall–Kier alpha value is -3.64. The maximum atomic E-state index is 14.5. The zero-order valence-corrected chi connectivity index (χ0v) is 20.1. The number of benzene rings is 3. The van der Waals surface area contributed by atoms with Crippen molar-refractivity contribution >= 4 is 17.5 Å². The Morgan fingerprint density at radius 2 is 1.74 bits per heavy atom. The Balaban J connectivity index is 1.56. The predicted molar refractivity (Wildman–Crippen MR) is 134 cm³/mol. The van der Waals surface area contributed by atoms with Crippen molar-refractivity contribution < 1.29 is 13.9 Å². The lowest BCUT2D eigenvalue weighted by Crippen LogP contribution is -2.33. The Bertz CT molecular complexity index is 1350. The van der Waals surface area contributed by atoms with Crippen LogP contribution in [-0.2, 0) is 6.54 Å². The molecule has 5 nitrogen and oxygen atoms in total. The van der Waals surface area contributed by atoms with Crippen molar-refractivity contribution in [3.8, 4) is 17.3 Å². The highest BCUT2D eigenvalue weighted by Gasteiger charge is 2.31. The number of rotatable bonds is 8. The minimum atomic E-state index is -0.525. The molecule has 1 aliphatic carbocycles. The molecule has 3 aromatic carbocycles. The standard InChI is InChI=1S/C28H25ClFN3O2/c1-19-23(18-32(17-20-15-16-20)27(34)22-11-5-7-13-25(22)30)28(35-26-14-8-6-12-24(26)29)33(31-19)21-9-3-2-4-10-21/h2-14,20H,15-18H2,1H3. The first-order valence-electron chi connectivity index (χ1n) is 11.6. The first-order valence-corrected chi connectivity index (χ1v) is 12.0. The van der Waals surface area contributed by atoms with E-state index in [0.29, 0.717) is 29.1 Å². The molecule has 1 heterocycles. The molecule has 7 heteroatoms. The summed E-state index contributed by atoms with van der Waals surface area (Å²) in [5.41, 5.74) is 2.35. The highest BCUT2D eigenvalue weighted by molar-refractivity contribution is 6.32. The van der Waals surface area contributed by atoms with Gasteiger partial charge in [-0.05, 0) is 62.1 Å². The van der Waals surface area contributed by atoms with Crippen LogP contribution in [0.25, 0.3) is 5.69 Å². The molecule has 1 fully saturated rings. The smallest absolute Gasteiger partial charge is 0.257 e. The fraction of sp³-hybridized carbons (Fsp3) is 0.214. The van der Waals surface area contributed by atoms with Crippen molar-refractivity contribution in [2.45, 2.75) is 26.3 Å². The van der Waals surface area contributed by atoms with Crippen LogP contribution in [0.2, 0.25) is 5.02 Å². The molecular formula is C28H25ClFN3O2. The van der Waals surface area contributed by atoms with E-state index in [1.165, 1.54) is 12.1 Å². The van der Waals surface area contributed by atoms with Crippen molar-refractivity contribution in [2.75, 3.05) is 6.54 Å². The summed E-state index contributed by atoms with van der Waals surface area (Å²) in [7, 11) is 0. The second-order valence-corrected chi connectivity index (χ2v) is 9.17. The summed E-state index contributed by atoms with van der Waals surface area (Å²) in [6.07, 6.45) is 2.12. The number of nitrogens with zero attached hydrogens (tertiary/aromatic N) is 3. The molecule has 1 amide bonds. The van der Waals surface area contributed by atoms with Gasteiger partial charge in [0.15, 0.2) is 0 Å². The second-order valence-electron chi connectivity index (χ2n) is 8.76. The third-order valence-corrected chi connectivity index (χ3v) is 6.41. The van der Waals surface area contributed by atoms with Crippen LogP contribution in [0.1, 0.15) is 34.5 Å². The van der Waals surface area contributed by atoms with Gasteiger partial charge in [-0.2, -0.15) is 5.10 Å². The van der Waals surface area contributed by atoms with E-state index in [9.17, 15) is 9.18 Å². The summed E-state index contributed by atoms with van der Waals surface area (Å²) in [4.78, 5) is 15.1. The van der Waals surface area contributed by atoms with Gasteiger partial charge in [-0.15, -0.1) is 0 Å². The first-order chi connectivity index (χ1) is 17.0. The summed E-state index contributed by atoms with van der Waals surface area (Å²) >= 11 is 6.40. The number of ether oxygens (including phenoxy) is 1. The van der Waals surface area contributed by atoms with Gasteiger partial charge in [-0.1, -0.05) is 54.1 Å². The third-order valence-electron chi connectivity index (χ3n) is 6.10. The Morgan fingerprint density at radius 3 is 2.46 bits per heavy atom. The van der Waals surface area contributed by atoms with E-state index in [0.717, 1.165) is 29.8 Å². The maximum Gasteiger partial charge on any atom is 0.257 e. The van der Waals surface area contributed by atoms with Crippen molar-refractivity contribution in [1.29, 1.82) is 0 Å². The van der Waals surface area contributed by atoms with E-state index >= 15 is 0 Å². The molecule has 35 heavy (non-hydrogen) atoms. The topological polar surface area (TPSA) is 47.4 Å². The quantitative estimate of drug-likeness (QED) is 0.273. The summed E-state index contributed by atoms with van der Waals surface area (Å²) in [6.45, 7) is 2.67. The molecule has 0 saturated heterocycles. The maximum absolute atomic E-state index is 14.5. The minimum absolute atomic E-state index is 0.0647. The number of carbonyl (C=O) groups excluding carboxylic acids is 1. The largest absolute Gasteiger partial charge is 0.437 e. The van der Waals surface area contributed by atoms with Crippen molar-refractivity contribution in [3.63, 3.8) is 0 Å². The van der Waals surface area contributed by atoms with Crippen LogP contribution in [0.4, 0.5) is 4.39 Å². The second kappa shape index (κ2) is 9.92. The van der Waals surface area contributed by atoms with Crippen molar-refractivity contribution in [2.24, 2.45) is 5.92 Å². The van der Waals surface area contributed by atoms with Crippen LogP contribution in [-0.4, -0.2) is 27.1 Å². The average molecular weight is 490 g/mol. The third kappa shape index (κ3) is 5.08. The predicted octanol–water partition coefficient (Wildman–Crippen LogP) is 6.82. The minimum Gasteiger partial charge on any atom is -0.437 e. The molecule has 1 aliphatic rings. The van der Waals surface area contributed by atoms with Crippen LogP contribution < -0.4 is 4.74 Å². The number of aromatic nitrogens is 2. The fourth-order valence-corrected chi connectivity index (χ4v) is 4.20. The normalized spacial score (nSPS) is 13.0. The summed E-state index contributed by atoms with van der Waals surface area (Å²) in [5.74, 6) is 0.516. The zero-order valence-electron chi connectivity index (χ0n) is 19.3. The number of aryl methyl sites for hydroxylation is 1. The van der Waals surface area contributed by atoms with Crippen molar-refractivity contribution in [1.82, 2.24) is 14.7 Å². The summed E-state index contributed by atoms with van der Waals surface area (Å²) in [5, 5.41) is 5.21. The molecule has 178 valence electrons. The van der Waals surface area contributed by atoms with E-state index in [4.69, 9.17) is 21.4 Å². The molecule has 0 atom stereocenters. The van der Waals surface area contributed by atoms with Gasteiger partial charge in [0.25, 0.3) is 5.91 Å². The lowest BCUT2D eigenvalue weighted by atomic mass is 10.1. The molecule has 1 saturated carbocycles.